The third-order valence-electron chi connectivity index (χ3n) is 3.62. The van der Waals surface area contributed by atoms with E-state index >= 15 is 0 Å². The Hall–Kier alpha value is -1.23. The van der Waals surface area contributed by atoms with Gasteiger partial charge in [-0.2, -0.15) is 0 Å². The molecule has 27 heavy (non-hydrogen) atoms. The largest absolute Gasteiger partial charge is 0.462 e. The highest BCUT2D eigenvalue weighted by Crippen LogP contribution is 2.40. The number of nitrogens with zero attached hydrogens (tertiary/aromatic N) is 4. The van der Waals surface area contributed by atoms with E-state index in [2.05, 4.69) is 27.1 Å². The summed E-state index contributed by atoms with van der Waals surface area (Å²) in [5.74, 6) is 1.42. The van der Waals surface area contributed by atoms with Crippen LogP contribution in [-0.2, 0) is 4.74 Å². The van der Waals surface area contributed by atoms with Crippen LogP contribution >= 0.6 is 46.2 Å². The number of ether oxygens (including phenoxy) is 1. The smallest absolute Gasteiger partial charge is 0.348 e. The highest BCUT2D eigenvalue weighted by Gasteiger charge is 2.22. The standard InChI is InChI=1S/C17H20N4O2S4/c1-5-7-8-24-16-20-21-17(27-16)26-14-11-9(3)12(15(22)23-6-2)25-13(11)18-10(4)19-14/h5-8H2,1-4H3. The lowest BCUT2D eigenvalue weighted by Crippen LogP contribution is -2.03. The molecule has 0 bridgehead atoms. The minimum Gasteiger partial charge on any atom is -0.462 e. The maximum Gasteiger partial charge on any atom is 0.348 e. The van der Waals surface area contributed by atoms with Gasteiger partial charge in [-0.05, 0) is 44.5 Å². The van der Waals surface area contributed by atoms with Gasteiger partial charge in [0.2, 0.25) is 0 Å². The van der Waals surface area contributed by atoms with Crippen LogP contribution in [0.2, 0.25) is 0 Å². The number of fused-ring (bicyclic) bond motifs is 1. The SMILES string of the molecule is CCCCSc1nnc(Sc2nc(C)nc3sc(C(=O)OCC)c(C)c23)s1. The van der Waals surface area contributed by atoms with Crippen LogP contribution in [0.5, 0.6) is 0 Å². The lowest BCUT2D eigenvalue weighted by molar-refractivity contribution is 0.0531. The first-order chi connectivity index (χ1) is 13.0. The summed E-state index contributed by atoms with van der Waals surface area (Å²) in [6, 6.07) is 0. The second-order valence-electron chi connectivity index (χ2n) is 5.67. The molecular formula is C17H20N4O2S4. The zero-order valence-corrected chi connectivity index (χ0v) is 18.8. The molecule has 0 N–H and O–H groups in total. The molecule has 0 amide bonds. The van der Waals surface area contributed by atoms with Crippen LogP contribution in [0.4, 0.5) is 0 Å². The molecule has 0 radical (unpaired) electrons. The van der Waals surface area contributed by atoms with Crippen molar-refractivity contribution in [3.8, 4) is 0 Å². The van der Waals surface area contributed by atoms with E-state index in [1.165, 1.54) is 35.9 Å². The zero-order valence-electron chi connectivity index (χ0n) is 15.6. The molecule has 0 fully saturated rings. The highest BCUT2D eigenvalue weighted by molar-refractivity contribution is 8.03. The van der Waals surface area contributed by atoms with E-state index in [4.69, 9.17) is 4.74 Å². The van der Waals surface area contributed by atoms with Crippen LogP contribution in [-0.4, -0.2) is 38.5 Å². The van der Waals surface area contributed by atoms with Crippen molar-refractivity contribution in [2.45, 2.75) is 54.2 Å². The van der Waals surface area contributed by atoms with Crippen LogP contribution in [0.25, 0.3) is 10.2 Å². The Morgan fingerprint density at radius 3 is 2.63 bits per heavy atom. The zero-order chi connectivity index (χ0) is 19.4. The van der Waals surface area contributed by atoms with Crippen LogP contribution in [0.1, 0.15) is 47.7 Å². The van der Waals surface area contributed by atoms with Gasteiger partial charge in [-0.15, -0.1) is 21.5 Å². The molecule has 10 heteroatoms. The fourth-order valence-corrected chi connectivity index (χ4v) is 6.85. The molecule has 0 spiro atoms. The summed E-state index contributed by atoms with van der Waals surface area (Å²) in [5.41, 5.74) is 0.859. The lowest BCUT2D eigenvalue weighted by atomic mass is 10.2. The van der Waals surface area contributed by atoms with Crippen LogP contribution in [0.3, 0.4) is 0 Å². The molecular weight excluding hydrogens is 420 g/mol. The maximum atomic E-state index is 12.2. The molecule has 0 saturated carbocycles. The topological polar surface area (TPSA) is 77.9 Å². The number of esters is 1. The molecule has 0 aliphatic carbocycles. The van der Waals surface area contributed by atoms with Crippen LogP contribution in [0, 0.1) is 13.8 Å². The number of unbranched alkanes of at least 4 members (excludes halogenated alkanes) is 1. The summed E-state index contributed by atoms with van der Waals surface area (Å²) < 4.78 is 6.99. The summed E-state index contributed by atoms with van der Waals surface area (Å²) in [6.07, 6.45) is 2.34. The summed E-state index contributed by atoms with van der Waals surface area (Å²) in [7, 11) is 0. The first-order valence-electron chi connectivity index (χ1n) is 8.62. The van der Waals surface area contributed by atoms with Gasteiger partial charge in [0.15, 0.2) is 8.68 Å². The maximum absolute atomic E-state index is 12.2. The Morgan fingerprint density at radius 1 is 1.11 bits per heavy atom. The Morgan fingerprint density at radius 2 is 1.89 bits per heavy atom. The van der Waals surface area contributed by atoms with Gasteiger partial charge in [0.1, 0.15) is 20.6 Å². The molecule has 0 atom stereocenters. The summed E-state index contributed by atoms with van der Waals surface area (Å²) in [5, 5.41) is 10.3. The second kappa shape index (κ2) is 9.31. The number of rotatable bonds is 8. The van der Waals surface area contributed by atoms with Crippen LogP contribution in [0.15, 0.2) is 13.7 Å². The number of thioether (sulfide) groups is 1. The molecule has 6 nitrogen and oxygen atoms in total. The number of aromatic nitrogens is 4. The first kappa shape index (κ1) is 20.5. The Kier molecular flexibility index (Phi) is 7.07. The first-order valence-corrected chi connectivity index (χ1v) is 12.1. The van der Waals surface area contributed by atoms with Gasteiger partial charge in [-0.1, -0.05) is 36.4 Å². The van der Waals surface area contributed by atoms with E-state index < -0.39 is 0 Å². The summed E-state index contributed by atoms with van der Waals surface area (Å²) >= 11 is 6.15. The van der Waals surface area contributed by atoms with E-state index in [-0.39, 0.29) is 5.97 Å². The molecule has 0 unspecified atom stereocenters. The fourth-order valence-electron chi connectivity index (χ4n) is 2.35. The molecule has 144 valence electrons. The number of hydrogen-bond acceptors (Lipinski definition) is 10. The van der Waals surface area contributed by atoms with Crippen molar-refractivity contribution in [3.05, 3.63) is 16.3 Å². The van der Waals surface area contributed by atoms with E-state index in [1.807, 2.05) is 13.8 Å². The van der Waals surface area contributed by atoms with Crippen LogP contribution < -0.4 is 0 Å². The van der Waals surface area contributed by atoms with Crippen molar-refractivity contribution in [1.82, 2.24) is 20.2 Å². The Bertz CT molecular complexity index is 954. The number of aryl methyl sites for hydroxylation is 2. The van der Waals surface area contributed by atoms with E-state index in [0.29, 0.717) is 17.3 Å². The Balaban J connectivity index is 1.91. The minimum absolute atomic E-state index is 0.308. The lowest BCUT2D eigenvalue weighted by Gasteiger charge is -2.03. The van der Waals surface area contributed by atoms with Crippen molar-refractivity contribution in [1.29, 1.82) is 0 Å². The van der Waals surface area contributed by atoms with Gasteiger partial charge in [-0.3, -0.25) is 0 Å². The van der Waals surface area contributed by atoms with Gasteiger partial charge in [0, 0.05) is 11.1 Å². The third-order valence-corrected chi connectivity index (χ3v) is 7.97. The quantitative estimate of drug-likeness (QED) is 0.200. The number of carbonyl (C=O) groups is 1. The molecule has 3 aromatic heterocycles. The second-order valence-corrected chi connectivity index (χ2v) is 10.2. The van der Waals surface area contributed by atoms with Gasteiger partial charge in [-0.25, -0.2) is 14.8 Å². The van der Waals surface area contributed by atoms with Crippen molar-refractivity contribution in [2.75, 3.05) is 12.4 Å². The molecule has 3 heterocycles. The summed E-state index contributed by atoms with van der Waals surface area (Å²) in [6.45, 7) is 8.10. The van der Waals surface area contributed by atoms with Crippen molar-refractivity contribution < 1.29 is 9.53 Å². The molecule has 3 aromatic rings. The number of carbonyl (C=O) groups excluding carboxylic acids is 1. The van der Waals surface area contributed by atoms with E-state index in [1.54, 1.807) is 30.0 Å². The van der Waals surface area contributed by atoms with Crippen molar-refractivity contribution in [2.24, 2.45) is 0 Å². The highest BCUT2D eigenvalue weighted by atomic mass is 32.2. The fraction of sp³-hybridized carbons (Fsp3) is 0.471. The molecule has 0 aromatic carbocycles. The predicted octanol–water partition coefficient (Wildman–Crippen LogP) is 5.38. The molecule has 0 saturated heterocycles. The van der Waals surface area contributed by atoms with Gasteiger partial charge in [0.25, 0.3) is 0 Å². The number of hydrogen-bond donors (Lipinski definition) is 0. The Labute approximate surface area is 174 Å². The van der Waals surface area contributed by atoms with Gasteiger partial charge in [0.05, 0.1) is 6.61 Å². The molecule has 3 rings (SSSR count). The van der Waals surface area contributed by atoms with Gasteiger partial charge >= 0.3 is 5.97 Å². The third kappa shape index (κ3) is 4.79. The van der Waals surface area contributed by atoms with Gasteiger partial charge < -0.3 is 4.74 Å². The normalized spacial score (nSPS) is 11.3. The van der Waals surface area contributed by atoms with E-state index in [0.717, 1.165) is 35.2 Å². The van der Waals surface area contributed by atoms with E-state index in [9.17, 15) is 4.79 Å². The average molecular weight is 441 g/mol. The van der Waals surface area contributed by atoms with Crippen molar-refractivity contribution in [3.63, 3.8) is 0 Å². The predicted molar refractivity (Wildman–Crippen MR) is 113 cm³/mol. The van der Waals surface area contributed by atoms with Crippen molar-refractivity contribution >= 4 is 62.4 Å². The minimum atomic E-state index is -0.308. The number of thiophene rings is 1. The monoisotopic (exact) mass is 440 g/mol. The average Bonchev–Trinajstić information content (AvgIpc) is 3.20. The molecule has 0 aliphatic heterocycles. The molecule has 0 aliphatic rings. The summed E-state index contributed by atoms with van der Waals surface area (Å²) in [4.78, 5) is 22.7.